The van der Waals surface area contributed by atoms with E-state index < -0.39 is 0 Å². The van der Waals surface area contributed by atoms with E-state index in [-0.39, 0.29) is 11.2 Å². The zero-order valence-corrected chi connectivity index (χ0v) is 12.2. The highest BCUT2D eigenvalue weighted by molar-refractivity contribution is 5.45. The van der Waals surface area contributed by atoms with Crippen molar-refractivity contribution in [2.75, 3.05) is 29.9 Å². The van der Waals surface area contributed by atoms with Gasteiger partial charge in [0.15, 0.2) is 11.6 Å². The van der Waals surface area contributed by atoms with E-state index in [1.54, 1.807) is 0 Å². The number of anilines is 2. The molecular formula is C14H23FN4. The molecule has 0 radical (unpaired) electrons. The van der Waals surface area contributed by atoms with Gasteiger partial charge >= 0.3 is 0 Å². The van der Waals surface area contributed by atoms with Crippen molar-refractivity contribution in [1.29, 1.82) is 0 Å². The second kappa shape index (κ2) is 5.31. The summed E-state index contributed by atoms with van der Waals surface area (Å²) in [5.74, 6) is 1.16. The Morgan fingerprint density at radius 2 is 2.21 bits per heavy atom. The molecule has 0 aliphatic carbocycles. The average Bonchev–Trinajstić information content (AvgIpc) is 2.81. The van der Waals surface area contributed by atoms with Gasteiger partial charge in [0.05, 0.1) is 6.20 Å². The van der Waals surface area contributed by atoms with Gasteiger partial charge in [-0.25, -0.2) is 9.37 Å². The first-order chi connectivity index (χ1) is 8.91. The molecule has 0 spiro atoms. The van der Waals surface area contributed by atoms with Crippen LogP contribution >= 0.6 is 0 Å². The molecule has 5 heteroatoms. The van der Waals surface area contributed by atoms with Gasteiger partial charge in [0, 0.05) is 19.6 Å². The van der Waals surface area contributed by atoms with Crippen molar-refractivity contribution in [3.8, 4) is 0 Å². The minimum atomic E-state index is -0.337. The lowest BCUT2D eigenvalue weighted by atomic mass is 9.80. The fourth-order valence-electron chi connectivity index (χ4n) is 2.48. The molecule has 1 unspecified atom stereocenters. The van der Waals surface area contributed by atoms with E-state index >= 15 is 0 Å². The van der Waals surface area contributed by atoms with Crippen LogP contribution in [0.2, 0.25) is 0 Å². The molecule has 0 bridgehead atoms. The van der Waals surface area contributed by atoms with Crippen LogP contribution in [0.5, 0.6) is 0 Å². The Labute approximate surface area is 114 Å². The normalized spacial score (nSPS) is 19.8. The maximum absolute atomic E-state index is 13.9. The molecule has 106 valence electrons. The van der Waals surface area contributed by atoms with Crippen molar-refractivity contribution in [3.63, 3.8) is 0 Å². The van der Waals surface area contributed by atoms with Gasteiger partial charge in [-0.1, -0.05) is 20.8 Å². The van der Waals surface area contributed by atoms with E-state index in [1.807, 2.05) is 11.8 Å². The first-order valence-electron chi connectivity index (χ1n) is 6.93. The highest BCUT2D eigenvalue weighted by Gasteiger charge is 2.33. The Bertz CT molecular complexity index is 442. The van der Waals surface area contributed by atoms with E-state index in [0.29, 0.717) is 17.7 Å². The molecule has 1 aliphatic rings. The van der Waals surface area contributed by atoms with Gasteiger partial charge in [0.25, 0.3) is 0 Å². The van der Waals surface area contributed by atoms with Crippen LogP contribution in [0, 0.1) is 17.2 Å². The maximum atomic E-state index is 13.9. The highest BCUT2D eigenvalue weighted by Crippen LogP contribution is 2.35. The number of nitrogens with zero attached hydrogens (tertiary/aromatic N) is 3. The molecule has 2 rings (SSSR count). The van der Waals surface area contributed by atoms with Gasteiger partial charge in [-0.3, -0.25) is 0 Å². The molecule has 2 heterocycles. The summed E-state index contributed by atoms with van der Waals surface area (Å²) >= 11 is 0. The third-order valence-corrected chi connectivity index (χ3v) is 3.77. The number of halogens is 1. The van der Waals surface area contributed by atoms with Crippen LogP contribution in [0.1, 0.15) is 34.1 Å². The lowest BCUT2D eigenvalue weighted by Gasteiger charge is -2.27. The van der Waals surface area contributed by atoms with Gasteiger partial charge in [0.2, 0.25) is 5.95 Å². The number of nitrogens with one attached hydrogen (secondary N) is 1. The van der Waals surface area contributed by atoms with Crippen LogP contribution in [-0.4, -0.2) is 29.6 Å². The van der Waals surface area contributed by atoms with Crippen LogP contribution in [0.15, 0.2) is 6.20 Å². The Balaban J connectivity index is 2.16. The average molecular weight is 266 g/mol. The SMILES string of the molecule is CCNc1ncc(F)c(N2CCC(C(C)(C)C)C2)n1. The molecule has 1 saturated heterocycles. The van der Waals surface area contributed by atoms with E-state index in [0.717, 1.165) is 26.1 Å². The molecule has 0 saturated carbocycles. The Hall–Kier alpha value is -1.39. The molecule has 0 amide bonds. The van der Waals surface area contributed by atoms with Crippen LogP contribution in [-0.2, 0) is 0 Å². The standard InChI is InChI=1S/C14H23FN4/c1-5-16-13-17-8-11(15)12(18-13)19-7-6-10(9-19)14(2,3)4/h8,10H,5-7,9H2,1-4H3,(H,16,17,18). The third kappa shape index (κ3) is 3.14. The molecule has 0 aromatic carbocycles. The monoisotopic (exact) mass is 266 g/mol. The van der Waals surface area contributed by atoms with Gasteiger partial charge in [-0.05, 0) is 24.7 Å². The minimum absolute atomic E-state index is 0.253. The molecule has 4 nitrogen and oxygen atoms in total. The molecule has 1 aliphatic heterocycles. The zero-order chi connectivity index (χ0) is 14.0. The van der Waals surface area contributed by atoms with E-state index in [1.165, 1.54) is 6.20 Å². The van der Waals surface area contributed by atoms with Crippen LogP contribution < -0.4 is 10.2 Å². The molecular weight excluding hydrogens is 243 g/mol. The second-order valence-corrected chi connectivity index (χ2v) is 6.19. The van der Waals surface area contributed by atoms with E-state index in [4.69, 9.17) is 0 Å². The predicted molar refractivity (Wildman–Crippen MR) is 75.9 cm³/mol. The summed E-state index contributed by atoms with van der Waals surface area (Å²) in [6.45, 7) is 11.1. The summed E-state index contributed by atoms with van der Waals surface area (Å²) in [7, 11) is 0. The zero-order valence-electron chi connectivity index (χ0n) is 12.2. The number of rotatable bonds is 3. The molecule has 19 heavy (non-hydrogen) atoms. The molecule has 1 aromatic heterocycles. The fraction of sp³-hybridized carbons (Fsp3) is 0.714. The third-order valence-electron chi connectivity index (χ3n) is 3.77. The lowest BCUT2D eigenvalue weighted by molar-refractivity contribution is 0.263. The number of hydrogen-bond acceptors (Lipinski definition) is 4. The maximum Gasteiger partial charge on any atom is 0.224 e. The first-order valence-corrected chi connectivity index (χ1v) is 6.93. The van der Waals surface area contributed by atoms with Crippen LogP contribution in [0.4, 0.5) is 16.2 Å². The molecule has 1 atom stereocenters. The van der Waals surface area contributed by atoms with Crippen molar-refractivity contribution in [2.24, 2.45) is 11.3 Å². The summed E-state index contributed by atoms with van der Waals surface area (Å²) in [6, 6.07) is 0. The van der Waals surface area contributed by atoms with Crippen LogP contribution in [0.3, 0.4) is 0 Å². The Morgan fingerprint density at radius 1 is 1.47 bits per heavy atom. The van der Waals surface area contributed by atoms with Gasteiger partial charge in [-0.2, -0.15) is 4.98 Å². The minimum Gasteiger partial charge on any atom is -0.354 e. The quantitative estimate of drug-likeness (QED) is 0.913. The van der Waals surface area contributed by atoms with E-state index in [2.05, 4.69) is 36.1 Å². The second-order valence-electron chi connectivity index (χ2n) is 6.19. The van der Waals surface area contributed by atoms with Gasteiger partial charge < -0.3 is 10.2 Å². The molecule has 1 N–H and O–H groups in total. The summed E-state index contributed by atoms with van der Waals surface area (Å²) in [5, 5.41) is 3.02. The summed E-state index contributed by atoms with van der Waals surface area (Å²) in [4.78, 5) is 10.3. The summed E-state index contributed by atoms with van der Waals surface area (Å²) in [6.07, 6.45) is 2.34. The number of hydrogen-bond donors (Lipinski definition) is 1. The lowest BCUT2D eigenvalue weighted by Crippen LogP contribution is -2.27. The predicted octanol–water partition coefficient (Wildman–Crippen LogP) is 2.92. The Morgan fingerprint density at radius 3 is 2.79 bits per heavy atom. The van der Waals surface area contributed by atoms with Crippen molar-refractivity contribution in [1.82, 2.24) is 9.97 Å². The van der Waals surface area contributed by atoms with Crippen molar-refractivity contribution >= 4 is 11.8 Å². The molecule has 1 aromatic rings. The Kier molecular flexibility index (Phi) is 3.92. The summed E-state index contributed by atoms with van der Waals surface area (Å²) < 4.78 is 13.9. The highest BCUT2D eigenvalue weighted by atomic mass is 19.1. The van der Waals surface area contributed by atoms with Crippen molar-refractivity contribution in [3.05, 3.63) is 12.0 Å². The van der Waals surface area contributed by atoms with E-state index in [9.17, 15) is 4.39 Å². The largest absolute Gasteiger partial charge is 0.354 e. The fourth-order valence-corrected chi connectivity index (χ4v) is 2.48. The van der Waals surface area contributed by atoms with Gasteiger partial charge in [-0.15, -0.1) is 0 Å². The summed E-state index contributed by atoms with van der Waals surface area (Å²) in [5.41, 5.74) is 0.253. The van der Waals surface area contributed by atoms with Crippen LogP contribution in [0.25, 0.3) is 0 Å². The van der Waals surface area contributed by atoms with Gasteiger partial charge in [0.1, 0.15) is 0 Å². The van der Waals surface area contributed by atoms with Crippen molar-refractivity contribution in [2.45, 2.75) is 34.1 Å². The topological polar surface area (TPSA) is 41.1 Å². The number of aromatic nitrogens is 2. The molecule has 1 fully saturated rings. The first kappa shape index (κ1) is 14.0. The van der Waals surface area contributed by atoms with Crippen molar-refractivity contribution < 1.29 is 4.39 Å². The smallest absolute Gasteiger partial charge is 0.224 e.